The number of carboxylic acids is 1. The van der Waals surface area contributed by atoms with E-state index < -0.39 is 5.97 Å². The van der Waals surface area contributed by atoms with Gasteiger partial charge in [-0.15, -0.1) is 0 Å². The Bertz CT molecular complexity index is 572. The maximum atomic E-state index is 10.7. The van der Waals surface area contributed by atoms with Gasteiger partial charge in [0.25, 0.3) is 0 Å². The normalized spacial score (nSPS) is 10.2. The first kappa shape index (κ1) is 13.4. The second-order valence-corrected chi connectivity index (χ2v) is 4.31. The molecule has 1 aromatic carbocycles. The molecule has 0 aliphatic carbocycles. The molecule has 0 unspecified atom stereocenters. The van der Waals surface area contributed by atoms with Gasteiger partial charge in [-0.3, -0.25) is 0 Å². The Labute approximate surface area is 115 Å². The predicted molar refractivity (Wildman–Crippen MR) is 71.8 cm³/mol. The molecule has 4 nitrogen and oxygen atoms in total. The minimum atomic E-state index is -1.06. The summed E-state index contributed by atoms with van der Waals surface area (Å²) in [6.45, 7) is 0.434. The summed E-state index contributed by atoms with van der Waals surface area (Å²) in [7, 11) is 0. The molecule has 2 aromatic rings. The standard InChI is InChI=1S/C14H12ClNO3/c15-12-8-11(14(17)18)9-16-13(12)19-7-6-10-4-2-1-3-5-10/h1-5,8-9H,6-7H2,(H,17,18). The third-order valence-corrected chi connectivity index (χ3v) is 2.80. The van der Waals surface area contributed by atoms with Crippen LogP contribution < -0.4 is 4.74 Å². The number of halogens is 1. The molecule has 2 rings (SSSR count). The molecule has 0 saturated carbocycles. The number of hydrogen-bond donors (Lipinski definition) is 1. The van der Waals surface area contributed by atoms with Gasteiger partial charge in [0, 0.05) is 12.6 Å². The molecule has 98 valence electrons. The monoisotopic (exact) mass is 277 g/mol. The number of carbonyl (C=O) groups is 1. The van der Waals surface area contributed by atoms with Gasteiger partial charge in [0.1, 0.15) is 5.02 Å². The van der Waals surface area contributed by atoms with E-state index in [1.54, 1.807) is 0 Å². The maximum Gasteiger partial charge on any atom is 0.337 e. The largest absolute Gasteiger partial charge is 0.478 e. The van der Waals surface area contributed by atoms with Crippen molar-refractivity contribution in [3.05, 3.63) is 58.7 Å². The smallest absolute Gasteiger partial charge is 0.337 e. The minimum Gasteiger partial charge on any atom is -0.478 e. The van der Waals surface area contributed by atoms with Gasteiger partial charge in [-0.05, 0) is 11.6 Å². The zero-order chi connectivity index (χ0) is 13.7. The average Bonchev–Trinajstić information content (AvgIpc) is 2.41. The van der Waals surface area contributed by atoms with Crippen molar-refractivity contribution in [2.75, 3.05) is 6.61 Å². The van der Waals surface area contributed by atoms with Gasteiger partial charge in [0.2, 0.25) is 5.88 Å². The molecule has 0 bridgehead atoms. The van der Waals surface area contributed by atoms with E-state index in [9.17, 15) is 4.79 Å². The summed E-state index contributed by atoms with van der Waals surface area (Å²) in [5.74, 6) is -0.812. The Morgan fingerprint density at radius 2 is 2.05 bits per heavy atom. The van der Waals surface area contributed by atoms with Gasteiger partial charge in [0.15, 0.2) is 0 Å². The number of carboxylic acid groups (broad SMARTS) is 1. The van der Waals surface area contributed by atoms with Crippen molar-refractivity contribution < 1.29 is 14.6 Å². The molecule has 0 aliphatic heterocycles. The zero-order valence-corrected chi connectivity index (χ0v) is 10.8. The van der Waals surface area contributed by atoms with Crippen LogP contribution in [0.25, 0.3) is 0 Å². The lowest BCUT2D eigenvalue weighted by atomic mass is 10.2. The van der Waals surface area contributed by atoms with Crippen LogP contribution in [-0.2, 0) is 6.42 Å². The number of nitrogens with zero attached hydrogens (tertiary/aromatic N) is 1. The second kappa shape index (κ2) is 6.20. The number of pyridine rings is 1. The van der Waals surface area contributed by atoms with E-state index in [1.807, 2.05) is 30.3 Å². The van der Waals surface area contributed by atoms with Crippen molar-refractivity contribution in [2.45, 2.75) is 6.42 Å². The molecule has 0 saturated heterocycles. The Morgan fingerprint density at radius 1 is 1.32 bits per heavy atom. The number of hydrogen-bond acceptors (Lipinski definition) is 3. The second-order valence-electron chi connectivity index (χ2n) is 3.90. The lowest BCUT2D eigenvalue weighted by Crippen LogP contribution is -2.04. The van der Waals surface area contributed by atoms with Gasteiger partial charge in [0.05, 0.1) is 12.2 Å². The topological polar surface area (TPSA) is 59.4 Å². The fraction of sp³-hybridized carbons (Fsp3) is 0.143. The predicted octanol–water partition coefficient (Wildman–Crippen LogP) is 3.05. The summed E-state index contributed by atoms with van der Waals surface area (Å²) in [6.07, 6.45) is 1.96. The Morgan fingerprint density at radius 3 is 2.68 bits per heavy atom. The fourth-order valence-corrected chi connectivity index (χ4v) is 1.78. The number of ether oxygens (including phenoxy) is 1. The molecule has 0 spiro atoms. The summed E-state index contributed by atoms with van der Waals surface area (Å²) in [6, 6.07) is 11.2. The van der Waals surface area contributed by atoms with E-state index in [2.05, 4.69) is 4.98 Å². The number of rotatable bonds is 5. The Kier molecular flexibility index (Phi) is 4.36. The van der Waals surface area contributed by atoms with Crippen LogP contribution in [0.2, 0.25) is 5.02 Å². The zero-order valence-electron chi connectivity index (χ0n) is 10.0. The van der Waals surface area contributed by atoms with Crippen molar-refractivity contribution in [3.63, 3.8) is 0 Å². The lowest BCUT2D eigenvalue weighted by molar-refractivity contribution is 0.0696. The van der Waals surface area contributed by atoms with Crippen LogP contribution in [0.1, 0.15) is 15.9 Å². The van der Waals surface area contributed by atoms with E-state index in [-0.39, 0.29) is 16.5 Å². The Balaban J connectivity index is 1.95. The van der Waals surface area contributed by atoms with Crippen molar-refractivity contribution in [1.29, 1.82) is 0 Å². The van der Waals surface area contributed by atoms with Crippen LogP contribution in [0.4, 0.5) is 0 Å². The number of aromatic nitrogens is 1. The third-order valence-electron chi connectivity index (χ3n) is 2.53. The molecule has 5 heteroatoms. The van der Waals surface area contributed by atoms with Crippen LogP contribution in [-0.4, -0.2) is 22.7 Å². The summed E-state index contributed by atoms with van der Waals surface area (Å²) < 4.78 is 5.44. The summed E-state index contributed by atoms with van der Waals surface area (Å²) in [4.78, 5) is 14.6. The molecule has 0 aliphatic rings. The van der Waals surface area contributed by atoms with Gasteiger partial charge < -0.3 is 9.84 Å². The van der Waals surface area contributed by atoms with E-state index in [4.69, 9.17) is 21.4 Å². The number of benzene rings is 1. The number of aromatic carboxylic acids is 1. The maximum absolute atomic E-state index is 10.7. The van der Waals surface area contributed by atoms with Crippen molar-refractivity contribution in [2.24, 2.45) is 0 Å². The molecular formula is C14H12ClNO3. The van der Waals surface area contributed by atoms with Crippen molar-refractivity contribution in [3.8, 4) is 5.88 Å². The first-order chi connectivity index (χ1) is 9.16. The van der Waals surface area contributed by atoms with Gasteiger partial charge in [-0.25, -0.2) is 9.78 Å². The third kappa shape index (κ3) is 3.69. The molecule has 0 atom stereocenters. The average molecular weight is 278 g/mol. The SMILES string of the molecule is O=C(O)c1cnc(OCCc2ccccc2)c(Cl)c1. The highest BCUT2D eigenvalue weighted by Crippen LogP contribution is 2.22. The molecule has 19 heavy (non-hydrogen) atoms. The molecule has 1 aromatic heterocycles. The van der Waals surface area contributed by atoms with E-state index in [0.717, 1.165) is 12.0 Å². The van der Waals surface area contributed by atoms with E-state index in [1.165, 1.54) is 12.3 Å². The molecular weight excluding hydrogens is 266 g/mol. The molecule has 0 amide bonds. The van der Waals surface area contributed by atoms with Crippen LogP contribution in [0.3, 0.4) is 0 Å². The summed E-state index contributed by atoms with van der Waals surface area (Å²) >= 11 is 5.90. The van der Waals surface area contributed by atoms with Crippen molar-refractivity contribution in [1.82, 2.24) is 4.98 Å². The summed E-state index contributed by atoms with van der Waals surface area (Å²) in [5.41, 5.74) is 1.20. The molecule has 1 heterocycles. The quantitative estimate of drug-likeness (QED) is 0.912. The van der Waals surface area contributed by atoms with Gasteiger partial charge in [-0.2, -0.15) is 0 Å². The molecule has 0 fully saturated rings. The highest BCUT2D eigenvalue weighted by atomic mass is 35.5. The fourth-order valence-electron chi connectivity index (χ4n) is 1.56. The highest BCUT2D eigenvalue weighted by Gasteiger charge is 2.09. The van der Waals surface area contributed by atoms with Crippen LogP contribution >= 0.6 is 11.6 Å². The molecule has 0 radical (unpaired) electrons. The first-order valence-corrected chi connectivity index (χ1v) is 6.10. The summed E-state index contributed by atoms with van der Waals surface area (Å²) in [5, 5.41) is 8.99. The lowest BCUT2D eigenvalue weighted by Gasteiger charge is -2.07. The van der Waals surface area contributed by atoms with Crippen LogP contribution in [0.15, 0.2) is 42.6 Å². The van der Waals surface area contributed by atoms with E-state index in [0.29, 0.717) is 6.61 Å². The molecule has 1 N–H and O–H groups in total. The first-order valence-electron chi connectivity index (χ1n) is 5.72. The van der Waals surface area contributed by atoms with Crippen LogP contribution in [0.5, 0.6) is 5.88 Å². The van der Waals surface area contributed by atoms with Gasteiger partial charge in [-0.1, -0.05) is 41.9 Å². The van der Waals surface area contributed by atoms with Crippen molar-refractivity contribution >= 4 is 17.6 Å². The Hall–Kier alpha value is -2.07. The van der Waals surface area contributed by atoms with E-state index >= 15 is 0 Å². The van der Waals surface area contributed by atoms with Gasteiger partial charge >= 0.3 is 5.97 Å². The van der Waals surface area contributed by atoms with Crippen LogP contribution in [0, 0.1) is 0 Å². The highest BCUT2D eigenvalue weighted by molar-refractivity contribution is 6.32. The minimum absolute atomic E-state index is 0.0420.